The van der Waals surface area contributed by atoms with Crippen LogP contribution < -0.4 is 5.32 Å². The van der Waals surface area contributed by atoms with Crippen LogP contribution >= 0.6 is 0 Å². The number of carbonyl (C=O) groups is 1. The Labute approximate surface area is 130 Å². The molecule has 1 N–H and O–H groups in total. The van der Waals surface area contributed by atoms with Gasteiger partial charge >= 0.3 is 0 Å². The maximum atomic E-state index is 12.5. The molecule has 4 heteroatoms. The highest BCUT2D eigenvalue weighted by Gasteiger charge is 2.23. The minimum atomic E-state index is -0.0210. The average molecular weight is 295 g/mol. The second-order valence-electron chi connectivity index (χ2n) is 6.75. The first kappa shape index (κ1) is 16.8. The molecule has 0 saturated carbocycles. The number of hydrogen-bond acceptors (Lipinski definition) is 3. The van der Waals surface area contributed by atoms with Crippen molar-refractivity contribution >= 4 is 5.91 Å². The fraction of sp³-hybridized carbons (Fsp3) is 0.941. The molecule has 0 bridgehead atoms. The highest BCUT2D eigenvalue weighted by Crippen LogP contribution is 2.16. The molecule has 1 unspecified atom stereocenters. The molecule has 2 aliphatic heterocycles. The van der Waals surface area contributed by atoms with Crippen LogP contribution in [0.4, 0.5) is 0 Å². The SMILES string of the molecule is CCN1CCC(CNC(C)C(=O)N2CCCCCC2)CC1. The summed E-state index contributed by atoms with van der Waals surface area (Å²) in [5, 5.41) is 3.49. The van der Waals surface area contributed by atoms with E-state index >= 15 is 0 Å². The normalized spacial score (nSPS) is 23.8. The Bertz CT molecular complexity index is 305. The predicted molar refractivity (Wildman–Crippen MR) is 87.4 cm³/mol. The van der Waals surface area contributed by atoms with Crippen molar-refractivity contribution in [2.45, 2.75) is 58.4 Å². The van der Waals surface area contributed by atoms with Crippen molar-refractivity contribution in [1.29, 1.82) is 0 Å². The highest BCUT2D eigenvalue weighted by molar-refractivity contribution is 5.81. The number of hydrogen-bond donors (Lipinski definition) is 1. The van der Waals surface area contributed by atoms with E-state index in [0.29, 0.717) is 5.91 Å². The van der Waals surface area contributed by atoms with Gasteiger partial charge in [-0.05, 0) is 64.7 Å². The Morgan fingerprint density at radius 1 is 1.10 bits per heavy atom. The zero-order valence-corrected chi connectivity index (χ0v) is 13.9. The third-order valence-corrected chi connectivity index (χ3v) is 5.16. The van der Waals surface area contributed by atoms with Crippen LogP contribution in [0.5, 0.6) is 0 Å². The maximum Gasteiger partial charge on any atom is 0.239 e. The topological polar surface area (TPSA) is 35.6 Å². The Morgan fingerprint density at radius 2 is 1.71 bits per heavy atom. The molecular weight excluding hydrogens is 262 g/mol. The fourth-order valence-electron chi connectivity index (χ4n) is 3.50. The minimum Gasteiger partial charge on any atom is -0.341 e. The Morgan fingerprint density at radius 3 is 2.29 bits per heavy atom. The molecule has 1 atom stereocenters. The molecule has 0 aromatic heterocycles. The van der Waals surface area contributed by atoms with Gasteiger partial charge < -0.3 is 15.1 Å². The van der Waals surface area contributed by atoms with Gasteiger partial charge in [-0.15, -0.1) is 0 Å². The largest absolute Gasteiger partial charge is 0.341 e. The molecule has 1 amide bonds. The molecule has 0 spiro atoms. The molecule has 2 heterocycles. The van der Waals surface area contributed by atoms with Crippen LogP contribution in [0.15, 0.2) is 0 Å². The molecule has 4 nitrogen and oxygen atoms in total. The quantitative estimate of drug-likeness (QED) is 0.844. The van der Waals surface area contributed by atoms with Crippen LogP contribution in [0.2, 0.25) is 0 Å². The lowest BCUT2D eigenvalue weighted by molar-refractivity contribution is -0.133. The third-order valence-electron chi connectivity index (χ3n) is 5.16. The second-order valence-corrected chi connectivity index (χ2v) is 6.75. The Hall–Kier alpha value is -0.610. The summed E-state index contributed by atoms with van der Waals surface area (Å²) in [5.74, 6) is 1.05. The number of carbonyl (C=O) groups excluding carboxylic acids is 1. The van der Waals surface area contributed by atoms with Gasteiger partial charge in [0.1, 0.15) is 0 Å². The van der Waals surface area contributed by atoms with Crippen molar-refractivity contribution in [3.8, 4) is 0 Å². The van der Waals surface area contributed by atoms with Crippen LogP contribution in [-0.4, -0.2) is 61.0 Å². The summed E-state index contributed by atoms with van der Waals surface area (Å²) in [4.78, 5) is 17.1. The van der Waals surface area contributed by atoms with Crippen LogP contribution in [-0.2, 0) is 4.79 Å². The Balaban J connectivity index is 1.68. The standard InChI is InChI=1S/C17H33N3O/c1-3-19-12-8-16(9-13-19)14-18-15(2)17(21)20-10-6-4-5-7-11-20/h15-16,18H,3-14H2,1-2H3. The summed E-state index contributed by atoms with van der Waals surface area (Å²) in [6, 6.07) is -0.0210. The predicted octanol–water partition coefficient (Wildman–Crippen LogP) is 2.10. The van der Waals surface area contributed by atoms with Gasteiger partial charge in [0.25, 0.3) is 0 Å². The van der Waals surface area contributed by atoms with Gasteiger partial charge in [-0.1, -0.05) is 19.8 Å². The molecule has 2 saturated heterocycles. The molecule has 2 fully saturated rings. The number of nitrogens with zero attached hydrogens (tertiary/aromatic N) is 2. The summed E-state index contributed by atoms with van der Waals surface area (Å²) in [5.41, 5.74) is 0. The van der Waals surface area contributed by atoms with Gasteiger partial charge in [0.15, 0.2) is 0 Å². The first-order valence-electron chi connectivity index (χ1n) is 8.95. The fourth-order valence-corrected chi connectivity index (χ4v) is 3.50. The maximum absolute atomic E-state index is 12.5. The smallest absolute Gasteiger partial charge is 0.239 e. The lowest BCUT2D eigenvalue weighted by atomic mass is 9.96. The Kier molecular flexibility index (Phi) is 6.97. The van der Waals surface area contributed by atoms with Crippen molar-refractivity contribution in [3.05, 3.63) is 0 Å². The summed E-state index contributed by atoms with van der Waals surface area (Å²) >= 11 is 0. The molecular formula is C17H33N3O. The van der Waals surface area contributed by atoms with Crippen LogP contribution in [0.3, 0.4) is 0 Å². The van der Waals surface area contributed by atoms with Crippen molar-refractivity contribution < 1.29 is 4.79 Å². The summed E-state index contributed by atoms with van der Waals surface area (Å²) in [6.07, 6.45) is 7.45. The lowest BCUT2D eigenvalue weighted by Crippen LogP contribution is -2.47. The number of nitrogens with one attached hydrogen (secondary N) is 1. The van der Waals surface area contributed by atoms with E-state index in [0.717, 1.165) is 25.6 Å². The van der Waals surface area contributed by atoms with Crippen LogP contribution in [0, 0.1) is 5.92 Å². The van der Waals surface area contributed by atoms with E-state index in [1.807, 2.05) is 6.92 Å². The molecule has 0 aliphatic carbocycles. The van der Waals surface area contributed by atoms with E-state index in [1.165, 1.54) is 58.2 Å². The summed E-state index contributed by atoms with van der Waals surface area (Å²) < 4.78 is 0. The monoisotopic (exact) mass is 295 g/mol. The van der Waals surface area contributed by atoms with Gasteiger partial charge in [0, 0.05) is 13.1 Å². The first-order chi connectivity index (χ1) is 10.2. The third kappa shape index (κ3) is 5.26. The zero-order chi connectivity index (χ0) is 15.1. The molecule has 0 aromatic carbocycles. The molecule has 2 aliphatic rings. The van der Waals surface area contributed by atoms with Crippen molar-refractivity contribution in [2.24, 2.45) is 5.92 Å². The van der Waals surface area contributed by atoms with Crippen LogP contribution in [0.25, 0.3) is 0 Å². The van der Waals surface area contributed by atoms with E-state index in [4.69, 9.17) is 0 Å². The van der Waals surface area contributed by atoms with Crippen LogP contribution in [0.1, 0.15) is 52.4 Å². The van der Waals surface area contributed by atoms with Gasteiger partial charge in [-0.3, -0.25) is 4.79 Å². The van der Waals surface area contributed by atoms with Gasteiger partial charge in [0.05, 0.1) is 6.04 Å². The van der Waals surface area contributed by atoms with E-state index in [-0.39, 0.29) is 6.04 Å². The molecule has 21 heavy (non-hydrogen) atoms. The average Bonchev–Trinajstić information content (AvgIpc) is 2.81. The van der Waals surface area contributed by atoms with E-state index in [1.54, 1.807) is 0 Å². The molecule has 122 valence electrons. The van der Waals surface area contributed by atoms with Crippen molar-refractivity contribution in [3.63, 3.8) is 0 Å². The minimum absolute atomic E-state index is 0.0210. The molecule has 0 radical (unpaired) electrons. The molecule has 0 aromatic rings. The van der Waals surface area contributed by atoms with E-state index in [9.17, 15) is 4.79 Å². The first-order valence-corrected chi connectivity index (χ1v) is 8.95. The zero-order valence-electron chi connectivity index (χ0n) is 13.9. The number of piperidine rings is 1. The van der Waals surface area contributed by atoms with Gasteiger partial charge in [-0.2, -0.15) is 0 Å². The second kappa shape index (κ2) is 8.74. The summed E-state index contributed by atoms with van der Waals surface area (Å²) in [7, 11) is 0. The summed E-state index contributed by atoms with van der Waals surface area (Å²) in [6.45, 7) is 10.8. The number of rotatable bonds is 5. The van der Waals surface area contributed by atoms with E-state index < -0.39 is 0 Å². The molecule has 2 rings (SSSR count). The van der Waals surface area contributed by atoms with Crippen molar-refractivity contribution in [2.75, 3.05) is 39.3 Å². The van der Waals surface area contributed by atoms with Gasteiger partial charge in [0.2, 0.25) is 5.91 Å². The van der Waals surface area contributed by atoms with Gasteiger partial charge in [-0.25, -0.2) is 0 Å². The van der Waals surface area contributed by atoms with E-state index in [2.05, 4.69) is 22.0 Å². The highest BCUT2D eigenvalue weighted by atomic mass is 16.2. The van der Waals surface area contributed by atoms with Crippen molar-refractivity contribution in [1.82, 2.24) is 15.1 Å². The number of likely N-dealkylation sites (tertiary alicyclic amines) is 2. The lowest BCUT2D eigenvalue weighted by Gasteiger charge is -2.32. The number of amides is 1.